The van der Waals surface area contributed by atoms with Crippen LogP contribution in [0.3, 0.4) is 0 Å². The quantitative estimate of drug-likeness (QED) is 0.702. The maximum absolute atomic E-state index is 6.00. The predicted octanol–water partition coefficient (Wildman–Crippen LogP) is 4.36. The molecule has 0 spiro atoms. The number of hydrogen-bond acceptors (Lipinski definition) is 4. The average molecular weight is 283 g/mol. The molecule has 0 saturated heterocycles. The number of hydrogen-bond donors (Lipinski definition) is 2. The molecule has 3 aromatic rings. The number of anilines is 2. The van der Waals surface area contributed by atoms with Crippen molar-refractivity contribution >= 4 is 33.5 Å². The number of fused-ring (bicyclic) bond motifs is 1. The van der Waals surface area contributed by atoms with Gasteiger partial charge in [0.25, 0.3) is 0 Å². The van der Waals surface area contributed by atoms with Gasteiger partial charge in [-0.05, 0) is 44.2 Å². The van der Waals surface area contributed by atoms with E-state index >= 15 is 0 Å². The van der Waals surface area contributed by atoms with E-state index in [4.69, 9.17) is 5.73 Å². The third-order valence-corrected chi connectivity index (χ3v) is 4.60. The first-order valence-electron chi connectivity index (χ1n) is 6.60. The molecule has 102 valence electrons. The summed E-state index contributed by atoms with van der Waals surface area (Å²) in [6.07, 6.45) is 3.61. The zero-order valence-corrected chi connectivity index (χ0v) is 12.4. The Morgan fingerprint density at radius 1 is 1.15 bits per heavy atom. The molecule has 0 radical (unpaired) electrons. The van der Waals surface area contributed by atoms with Crippen molar-refractivity contribution in [2.45, 2.75) is 19.9 Å². The van der Waals surface area contributed by atoms with Crippen LogP contribution in [0.25, 0.3) is 10.8 Å². The summed E-state index contributed by atoms with van der Waals surface area (Å²) in [4.78, 5) is 6.82. The Kier molecular flexibility index (Phi) is 3.32. The molecular weight excluding hydrogens is 266 g/mol. The molecule has 3 N–H and O–H groups in total. The Morgan fingerprint density at radius 3 is 2.75 bits per heavy atom. The smallest absolute Gasteiger partial charge is 0.0578 e. The molecule has 3 nitrogen and oxygen atoms in total. The first-order valence-corrected chi connectivity index (χ1v) is 7.42. The minimum atomic E-state index is 0.272. The second kappa shape index (κ2) is 5.13. The van der Waals surface area contributed by atoms with Gasteiger partial charge in [-0.15, -0.1) is 11.3 Å². The highest BCUT2D eigenvalue weighted by Crippen LogP contribution is 2.31. The highest BCUT2D eigenvalue weighted by Gasteiger charge is 2.10. The van der Waals surface area contributed by atoms with Crippen molar-refractivity contribution < 1.29 is 0 Å². The van der Waals surface area contributed by atoms with Gasteiger partial charge in [0.1, 0.15) is 0 Å². The Morgan fingerprint density at radius 2 is 2.00 bits per heavy atom. The van der Waals surface area contributed by atoms with E-state index in [0.717, 1.165) is 22.1 Å². The second-order valence-corrected chi connectivity index (χ2v) is 6.26. The second-order valence-electron chi connectivity index (χ2n) is 4.94. The standard InChI is InChI=1S/C16H17N3S/c1-10-3-6-16(20-10)11(2)19-15-5-4-14(17)13-9-18-8-7-12(13)15/h3-9,11,19H,17H2,1-2H3. The highest BCUT2D eigenvalue weighted by atomic mass is 32.1. The van der Waals surface area contributed by atoms with Crippen molar-refractivity contribution in [2.24, 2.45) is 0 Å². The fraction of sp³-hybridized carbons (Fsp3) is 0.188. The molecular formula is C16H17N3S. The lowest BCUT2D eigenvalue weighted by Gasteiger charge is -2.16. The van der Waals surface area contributed by atoms with E-state index in [9.17, 15) is 0 Å². The van der Waals surface area contributed by atoms with Gasteiger partial charge in [0.15, 0.2) is 0 Å². The van der Waals surface area contributed by atoms with E-state index < -0.39 is 0 Å². The molecule has 0 amide bonds. The number of pyridine rings is 1. The summed E-state index contributed by atoms with van der Waals surface area (Å²) >= 11 is 1.82. The van der Waals surface area contributed by atoms with Crippen LogP contribution in [0.1, 0.15) is 22.7 Å². The van der Waals surface area contributed by atoms with Crippen molar-refractivity contribution in [3.63, 3.8) is 0 Å². The summed E-state index contributed by atoms with van der Waals surface area (Å²) in [7, 11) is 0. The van der Waals surface area contributed by atoms with Gasteiger partial charge in [-0.1, -0.05) is 0 Å². The Balaban J connectivity index is 1.97. The molecule has 2 aromatic heterocycles. The lowest BCUT2D eigenvalue weighted by molar-refractivity contribution is 0.910. The van der Waals surface area contributed by atoms with E-state index in [0.29, 0.717) is 0 Å². The molecule has 0 aliphatic heterocycles. The largest absolute Gasteiger partial charge is 0.398 e. The topological polar surface area (TPSA) is 50.9 Å². The van der Waals surface area contributed by atoms with Gasteiger partial charge in [0.2, 0.25) is 0 Å². The molecule has 1 aromatic carbocycles. The van der Waals surface area contributed by atoms with Gasteiger partial charge in [0, 0.05) is 44.3 Å². The van der Waals surface area contributed by atoms with Crippen LogP contribution >= 0.6 is 11.3 Å². The van der Waals surface area contributed by atoms with Crippen molar-refractivity contribution in [1.82, 2.24) is 4.98 Å². The van der Waals surface area contributed by atoms with E-state index in [1.165, 1.54) is 9.75 Å². The summed E-state index contributed by atoms with van der Waals surface area (Å²) in [6, 6.07) is 10.6. The van der Waals surface area contributed by atoms with Crippen molar-refractivity contribution in [3.8, 4) is 0 Å². The van der Waals surface area contributed by atoms with Crippen molar-refractivity contribution in [1.29, 1.82) is 0 Å². The maximum Gasteiger partial charge on any atom is 0.0578 e. The molecule has 3 rings (SSSR count). The van der Waals surface area contributed by atoms with Crippen molar-refractivity contribution in [3.05, 3.63) is 52.5 Å². The number of aromatic nitrogens is 1. The van der Waals surface area contributed by atoms with E-state index in [1.807, 2.05) is 35.7 Å². The number of thiophene rings is 1. The summed E-state index contributed by atoms with van der Waals surface area (Å²) in [6.45, 7) is 4.31. The molecule has 20 heavy (non-hydrogen) atoms. The van der Waals surface area contributed by atoms with E-state index in [2.05, 4.69) is 36.3 Å². The van der Waals surface area contributed by atoms with Gasteiger partial charge < -0.3 is 11.1 Å². The number of nitrogens with one attached hydrogen (secondary N) is 1. The summed E-state index contributed by atoms with van der Waals surface area (Å²) in [5.41, 5.74) is 7.86. The lowest BCUT2D eigenvalue weighted by atomic mass is 10.1. The van der Waals surface area contributed by atoms with Gasteiger partial charge in [-0.2, -0.15) is 0 Å². The van der Waals surface area contributed by atoms with Crippen LogP contribution in [-0.4, -0.2) is 4.98 Å². The third kappa shape index (κ3) is 2.34. The van der Waals surface area contributed by atoms with Crippen LogP contribution in [0, 0.1) is 6.92 Å². The van der Waals surface area contributed by atoms with Gasteiger partial charge in [-0.3, -0.25) is 4.98 Å². The number of benzene rings is 1. The molecule has 2 heterocycles. The fourth-order valence-corrected chi connectivity index (χ4v) is 3.21. The van der Waals surface area contributed by atoms with Gasteiger partial charge in [-0.25, -0.2) is 0 Å². The number of rotatable bonds is 3. The Bertz CT molecular complexity index is 748. The first-order chi connectivity index (χ1) is 9.65. The SMILES string of the molecule is Cc1ccc(C(C)Nc2ccc(N)c3cnccc23)s1. The third-order valence-electron chi connectivity index (χ3n) is 3.41. The van der Waals surface area contributed by atoms with E-state index in [-0.39, 0.29) is 6.04 Å². The molecule has 1 atom stereocenters. The molecule has 0 bridgehead atoms. The predicted molar refractivity (Wildman–Crippen MR) is 87.2 cm³/mol. The molecule has 0 fully saturated rings. The first kappa shape index (κ1) is 12.9. The van der Waals surface area contributed by atoms with Crippen LogP contribution in [0.4, 0.5) is 11.4 Å². The Labute approximate surface area is 122 Å². The summed E-state index contributed by atoms with van der Waals surface area (Å²) < 4.78 is 0. The molecule has 1 unspecified atom stereocenters. The molecule has 0 aliphatic rings. The zero-order valence-electron chi connectivity index (χ0n) is 11.6. The van der Waals surface area contributed by atoms with Crippen LogP contribution in [0.2, 0.25) is 0 Å². The van der Waals surface area contributed by atoms with Crippen molar-refractivity contribution in [2.75, 3.05) is 11.1 Å². The molecule has 0 aliphatic carbocycles. The minimum absolute atomic E-state index is 0.272. The highest BCUT2D eigenvalue weighted by molar-refractivity contribution is 7.12. The van der Waals surface area contributed by atoms with Crippen LogP contribution in [0.15, 0.2) is 42.7 Å². The number of nitrogen functional groups attached to an aromatic ring is 1. The van der Waals surface area contributed by atoms with Gasteiger partial charge >= 0.3 is 0 Å². The van der Waals surface area contributed by atoms with E-state index in [1.54, 1.807) is 6.20 Å². The van der Waals surface area contributed by atoms with Crippen LogP contribution < -0.4 is 11.1 Å². The minimum Gasteiger partial charge on any atom is -0.398 e. The number of nitrogens with zero attached hydrogens (tertiary/aromatic N) is 1. The molecule has 0 saturated carbocycles. The maximum atomic E-state index is 6.00. The number of nitrogens with two attached hydrogens (primary N) is 1. The summed E-state index contributed by atoms with van der Waals surface area (Å²) in [5, 5.41) is 5.67. The normalized spacial score (nSPS) is 12.5. The van der Waals surface area contributed by atoms with Gasteiger partial charge in [0.05, 0.1) is 6.04 Å². The lowest BCUT2D eigenvalue weighted by Crippen LogP contribution is -2.05. The monoisotopic (exact) mass is 283 g/mol. The fourth-order valence-electron chi connectivity index (χ4n) is 2.33. The summed E-state index contributed by atoms with van der Waals surface area (Å²) in [5.74, 6) is 0. The number of aryl methyl sites for hydroxylation is 1. The zero-order chi connectivity index (χ0) is 14.1. The van der Waals surface area contributed by atoms with Crippen LogP contribution in [-0.2, 0) is 0 Å². The van der Waals surface area contributed by atoms with Crippen LogP contribution in [0.5, 0.6) is 0 Å². The molecule has 4 heteroatoms. The Hall–Kier alpha value is -2.07. The average Bonchev–Trinajstić information content (AvgIpc) is 2.89.